The molecule has 0 saturated carbocycles. The number of thiophene rings is 1. The summed E-state index contributed by atoms with van der Waals surface area (Å²) < 4.78 is 37.2. The fourth-order valence-electron chi connectivity index (χ4n) is 1.69. The summed E-state index contributed by atoms with van der Waals surface area (Å²) in [4.78, 5) is 1.13. The third-order valence-electron chi connectivity index (χ3n) is 2.78. The van der Waals surface area contributed by atoms with Gasteiger partial charge in [-0.15, -0.1) is 22.9 Å². The van der Waals surface area contributed by atoms with Gasteiger partial charge in [0.1, 0.15) is 0 Å². The third-order valence-corrected chi connectivity index (χ3v) is 6.19. The van der Waals surface area contributed by atoms with E-state index in [0.717, 1.165) is 4.88 Å². The zero-order chi connectivity index (χ0) is 15.7. The van der Waals surface area contributed by atoms with Crippen molar-refractivity contribution in [2.24, 2.45) is 0 Å². The Labute approximate surface area is 135 Å². The van der Waals surface area contributed by atoms with E-state index < -0.39 is 10.0 Å². The van der Waals surface area contributed by atoms with Crippen LogP contribution in [-0.4, -0.2) is 52.2 Å². The Hall–Kier alpha value is -0.180. The predicted octanol–water partition coefficient (Wildman–Crippen LogP) is 2.55. The zero-order valence-electron chi connectivity index (χ0n) is 12.4. The molecule has 0 bridgehead atoms. The maximum absolute atomic E-state index is 12.6. The average molecular weight is 356 g/mol. The monoisotopic (exact) mass is 355 g/mol. The molecular formula is C13H22ClNO4S2. The Morgan fingerprint density at radius 2 is 1.76 bits per heavy atom. The molecule has 1 aromatic heterocycles. The lowest BCUT2D eigenvalue weighted by molar-refractivity contribution is 0.110. The van der Waals surface area contributed by atoms with Crippen LogP contribution in [0.25, 0.3) is 0 Å². The van der Waals surface area contributed by atoms with Crippen molar-refractivity contribution in [3.8, 4) is 0 Å². The first-order valence-corrected chi connectivity index (χ1v) is 9.70. The largest absolute Gasteiger partial charge is 0.380 e. The second-order valence-corrected chi connectivity index (χ2v) is 7.38. The van der Waals surface area contributed by atoms with E-state index in [0.29, 0.717) is 45.4 Å². The van der Waals surface area contributed by atoms with Gasteiger partial charge in [-0.1, -0.05) is 0 Å². The minimum Gasteiger partial charge on any atom is -0.380 e. The van der Waals surface area contributed by atoms with E-state index in [4.69, 9.17) is 21.1 Å². The van der Waals surface area contributed by atoms with Gasteiger partial charge in [0.25, 0.3) is 0 Å². The van der Waals surface area contributed by atoms with Crippen LogP contribution in [0.5, 0.6) is 0 Å². The maximum Gasteiger partial charge on any atom is 0.244 e. The lowest BCUT2D eigenvalue weighted by atomic mass is 10.5. The molecule has 5 nitrogen and oxygen atoms in total. The predicted molar refractivity (Wildman–Crippen MR) is 85.6 cm³/mol. The van der Waals surface area contributed by atoms with Gasteiger partial charge >= 0.3 is 0 Å². The molecule has 122 valence electrons. The molecule has 0 atom stereocenters. The van der Waals surface area contributed by atoms with E-state index in [9.17, 15) is 8.42 Å². The van der Waals surface area contributed by atoms with E-state index in [1.165, 1.54) is 15.6 Å². The molecule has 0 aliphatic rings. The molecular weight excluding hydrogens is 334 g/mol. The first kappa shape index (κ1) is 18.9. The molecule has 21 heavy (non-hydrogen) atoms. The number of hydrogen-bond donors (Lipinski definition) is 0. The first-order chi connectivity index (χ1) is 10.1. The summed E-state index contributed by atoms with van der Waals surface area (Å²) in [6.07, 6.45) is 0. The minimum atomic E-state index is -3.53. The van der Waals surface area contributed by atoms with Crippen LogP contribution < -0.4 is 0 Å². The SMILES string of the molecule is CCOCCN(CCOCC)S(=O)(=O)c1csc(CCl)c1. The van der Waals surface area contributed by atoms with E-state index in [1.54, 1.807) is 11.4 Å². The number of rotatable bonds is 11. The molecule has 0 unspecified atom stereocenters. The van der Waals surface area contributed by atoms with Crippen LogP contribution >= 0.6 is 22.9 Å². The normalized spacial score (nSPS) is 12.2. The van der Waals surface area contributed by atoms with Gasteiger partial charge in [0.15, 0.2) is 0 Å². The molecule has 0 amide bonds. The van der Waals surface area contributed by atoms with Crippen LogP contribution in [-0.2, 0) is 25.4 Å². The molecule has 0 spiro atoms. The number of halogens is 1. The molecule has 1 heterocycles. The topological polar surface area (TPSA) is 55.8 Å². The average Bonchev–Trinajstić information content (AvgIpc) is 2.95. The Bertz CT molecular complexity index is 494. The number of nitrogens with zero attached hydrogens (tertiary/aromatic N) is 1. The van der Waals surface area contributed by atoms with Crippen molar-refractivity contribution in [3.05, 3.63) is 16.3 Å². The molecule has 0 aliphatic heterocycles. The van der Waals surface area contributed by atoms with E-state index in [-0.39, 0.29) is 4.90 Å². The fraction of sp³-hybridized carbons (Fsp3) is 0.692. The third kappa shape index (κ3) is 5.84. The molecule has 1 aromatic rings. The molecule has 0 saturated heterocycles. The van der Waals surface area contributed by atoms with E-state index in [1.807, 2.05) is 13.8 Å². The zero-order valence-corrected chi connectivity index (χ0v) is 14.8. The molecule has 0 aromatic carbocycles. The Morgan fingerprint density at radius 3 is 2.19 bits per heavy atom. The summed E-state index contributed by atoms with van der Waals surface area (Å²) in [6.45, 7) is 6.25. The van der Waals surface area contributed by atoms with Gasteiger partial charge in [-0.3, -0.25) is 0 Å². The van der Waals surface area contributed by atoms with Gasteiger partial charge in [-0.2, -0.15) is 4.31 Å². The maximum atomic E-state index is 12.6. The highest BCUT2D eigenvalue weighted by molar-refractivity contribution is 7.89. The molecule has 0 fully saturated rings. The van der Waals surface area contributed by atoms with Crippen LogP contribution in [0.1, 0.15) is 18.7 Å². The van der Waals surface area contributed by atoms with Crippen molar-refractivity contribution in [3.63, 3.8) is 0 Å². The second kappa shape index (κ2) is 9.76. The van der Waals surface area contributed by atoms with E-state index >= 15 is 0 Å². The lowest BCUT2D eigenvalue weighted by Crippen LogP contribution is -2.36. The Kier molecular flexibility index (Phi) is 8.77. The molecule has 8 heteroatoms. The number of sulfonamides is 1. The Balaban J connectivity index is 2.81. The van der Waals surface area contributed by atoms with Crippen molar-refractivity contribution in [1.82, 2.24) is 4.31 Å². The van der Waals surface area contributed by atoms with Gasteiger partial charge in [-0.25, -0.2) is 8.42 Å². The summed E-state index contributed by atoms with van der Waals surface area (Å²) in [6, 6.07) is 1.63. The van der Waals surface area contributed by atoms with Gasteiger partial charge in [0.05, 0.1) is 24.0 Å². The molecule has 0 N–H and O–H groups in total. The Morgan fingerprint density at radius 1 is 1.19 bits per heavy atom. The highest BCUT2D eigenvalue weighted by Crippen LogP contribution is 2.23. The van der Waals surface area contributed by atoms with E-state index in [2.05, 4.69) is 0 Å². The van der Waals surface area contributed by atoms with Crippen LogP contribution in [0.4, 0.5) is 0 Å². The van der Waals surface area contributed by atoms with Gasteiger partial charge in [0.2, 0.25) is 10.0 Å². The van der Waals surface area contributed by atoms with Crippen LogP contribution in [0.2, 0.25) is 0 Å². The van der Waals surface area contributed by atoms with Crippen LogP contribution in [0.15, 0.2) is 16.3 Å². The summed E-state index contributed by atoms with van der Waals surface area (Å²) in [5.41, 5.74) is 0. The molecule has 0 aliphatic carbocycles. The quantitative estimate of drug-likeness (QED) is 0.452. The summed E-state index contributed by atoms with van der Waals surface area (Å²) >= 11 is 7.09. The fourth-order valence-corrected chi connectivity index (χ4v) is 4.47. The molecule has 1 rings (SSSR count). The lowest BCUT2D eigenvalue weighted by Gasteiger charge is -2.21. The van der Waals surface area contributed by atoms with Crippen molar-refractivity contribution in [2.75, 3.05) is 39.5 Å². The first-order valence-electron chi connectivity index (χ1n) is 6.85. The summed E-state index contributed by atoms with van der Waals surface area (Å²) in [5, 5.41) is 1.63. The highest BCUT2D eigenvalue weighted by Gasteiger charge is 2.25. The van der Waals surface area contributed by atoms with Gasteiger partial charge < -0.3 is 9.47 Å². The standard InChI is InChI=1S/C13H22ClNO4S2/c1-3-18-7-5-15(6-8-19-4-2)21(16,17)13-9-12(10-14)20-11-13/h9,11H,3-8,10H2,1-2H3. The van der Waals surface area contributed by atoms with Crippen molar-refractivity contribution in [2.45, 2.75) is 24.6 Å². The van der Waals surface area contributed by atoms with Gasteiger partial charge in [0, 0.05) is 36.6 Å². The smallest absolute Gasteiger partial charge is 0.244 e. The molecule has 0 radical (unpaired) electrons. The highest BCUT2D eigenvalue weighted by atomic mass is 35.5. The van der Waals surface area contributed by atoms with Crippen molar-refractivity contribution >= 4 is 33.0 Å². The summed E-state index contributed by atoms with van der Waals surface area (Å²) in [5.74, 6) is 0.318. The van der Waals surface area contributed by atoms with Crippen molar-refractivity contribution in [1.29, 1.82) is 0 Å². The van der Waals surface area contributed by atoms with Crippen LogP contribution in [0.3, 0.4) is 0 Å². The van der Waals surface area contributed by atoms with Crippen molar-refractivity contribution < 1.29 is 17.9 Å². The number of alkyl halides is 1. The van der Waals surface area contributed by atoms with Gasteiger partial charge in [-0.05, 0) is 19.9 Å². The summed E-state index contributed by atoms with van der Waals surface area (Å²) in [7, 11) is -3.53. The van der Waals surface area contributed by atoms with Crippen LogP contribution in [0, 0.1) is 0 Å². The number of ether oxygens (including phenoxy) is 2. The minimum absolute atomic E-state index is 0.288. The second-order valence-electron chi connectivity index (χ2n) is 4.18. The number of hydrogen-bond acceptors (Lipinski definition) is 5.